The van der Waals surface area contributed by atoms with E-state index in [4.69, 9.17) is 4.74 Å². The molecule has 7 nitrogen and oxygen atoms in total. The van der Waals surface area contributed by atoms with Crippen LogP contribution in [0.25, 0.3) is 0 Å². The minimum Gasteiger partial charge on any atom is -0.380 e. The van der Waals surface area contributed by atoms with Gasteiger partial charge in [0.15, 0.2) is 5.96 Å². The standard InChI is InChI=1S/C20H33N5O2/c1-3-21-20(23-12-17-27-4-2)22-11-10-19(26)25-15-13-24(14-16-25)18-8-6-5-7-9-18/h5-9H,3-4,10-17H2,1-2H3,(H2,21,22,23). The summed E-state index contributed by atoms with van der Waals surface area (Å²) in [5.74, 6) is 0.930. The van der Waals surface area contributed by atoms with E-state index in [2.05, 4.69) is 44.8 Å². The van der Waals surface area contributed by atoms with E-state index < -0.39 is 0 Å². The minimum absolute atomic E-state index is 0.195. The monoisotopic (exact) mass is 375 g/mol. The topological polar surface area (TPSA) is 69.2 Å². The summed E-state index contributed by atoms with van der Waals surface area (Å²) in [5.41, 5.74) is 1.23. The van der Waals surface area contributed by atoms with Crippen LogP contribution in [-0.4, -0.2) is 75.8 Å². The number of hydrogen-bond acceptors (Lipinski definition) is 4. The van der Waals surface area contributed by atoms with E-state index in [9.17, 15) is 4.79 Å². The van der Waals surface area contributed by atoms with Gasteiger partial charge in [-0.25, -0.2) is 0 Å². The molecular weight excluding hydrogens is 342 g/mol. The summed E-state index contributed by atoms with van der Waals surface area (Å²) >= 11 is 0. The van der Waals surface area contributed by atoms with Gasteiger partial charge < -0.3 is 25.2 Å². The number of anilines is 1. The Labute approximate surface area is 162 Å². The number of benzene rings is 1. The van der Waals surface area contributed by atoms with Crippen LogP contribution >= 0.6 is 0 Å². The maximum Gasteiger partial charge on any atom is 0.224 e. The molecule has 0 saturated carbocycles. The molecule has 0 spiro atoms. The molecule has 0 aromatic heterocycles. The van der Waals surface area contributed by atoms with E-state index in [1.807, 2.05) is 24.8 Å². The zero-order valence-corrected chi connectivity index (χ0v) is 16.6. The highest BCUT2D eigenvalue weighted by molar-refractivity contribution is 5.81. The molecule has 150 valence electrons. The smallest absolute Gasteiger partial charge is 0.224 e. The van der Waals surface area contributed by atoms with Gasteiger partial charge in [-0.05, 0) is 26.0 Å². The Kier molecular flexibility index (Phi) is 9.48. The summed E-state index contributed by atoms with van der Waals surface area (Å²) in [7, 11) is 0. The van der Waals surface area contributed by atoms with E-state index >= 15 is 0 Å². The number of guanidine groups is 1. The highest BCUT2D eigenvalue weighted by atomic mass is 16.5. The van der Waals surface area contributed by atoms with Gasteiger partial charge in [0, 0.05) is 58.0 Å². The van der Waals surface area contributed by atoms with Gasteiger partial charge in [0.2, 0.25) is 5.91 Å². The summed E-state index contributed by atoms with van der Waals surface area (Å²) < 4.78 is 5.30. The predicted octanol–water partition coefficient (Wildman–Crippen LogP) is 1.32. The molecule has 2 rings (SSSR count). The molecule has 0 radical (unpaired) electrons. The third-order valence-electron chi connectivity index (χ3n) is 4.44. The Balaban J connectivity index is 1.69. The molecule has 1 aliphatic rings. The summed E-state index contributed by atoms with van der Waals surface area (Å²) in [6.07, 6.45) is 0.473. The lowest BCUT2D eigenvalue weighted by Gasteiger charge is -2.36. The number of amides is 1. The molecular formula is C20H33N5O2. The lowest BCUT2D eigenvalue weighted by atomic mass is 10.2. The van der Waals surface area contributed by atoms with Gasteiger partial charge in [0.05, 0.1) is 13.2 Å². The summed E-state index contributed by atoms with van der Waals surface area (Å²) in [6.45, 7) is 10.6. The fourth-order valence-corrected chi connectivity index (χ4v) is 3.01. The molecule has 0 aliphatic carbocycles. The second kappa shape index (κ2) is 12.2. The summed E-state index contributed by atoms with van der Waals surface area (Å²) in [5, 5.41) is 6.42. The van der Waals surface area contributed by atoms with E-state index in [-0.39, 0.29) is 5.91 Å². The van der Waals surface area contributed by atoms with E-state index in [1.165, 1.54) is 5.69 Å². The van der Waals surface area contributed by atoms with Gasteiger partial charge in [-0.15, -0.1) is 0 Å². The lowest BCUT2D eigenvalue weighted by Crippen LogP contribution is -2.49. The van der Waals surface area contributed by atoms with Gasteiger partial charge in [-0.3, -0.25) is 9.79 Å². The molecule has 0 atom stereocenters. The second-order valence-corrected chi connectivity index (χ2v) is 6.34. The molecule has 1 aromatic carbocycles. The Hall–Kier alpha value is -2.28. The Bertz CT molecular complexity index is 571. The van der Waals surface area contributed by atoms with Crippen molar-refractivity contribution in [3.63, 3.8) is 0 Å². The van der Waals surface area contributed by atoms with Crippen LogP contribution in [0, 0.1) is 0 Å². The van der Waals surface area contributed by atoms with Gasteiger partial charge in [0.1, 0.15) is 0 Å². The SMILES string of the molecule is CCNC(=NCCOCC)NCCC(=O)N1CCN(c2ccccc2)CC1. The first-order chi connectivity index (χ1) is 13.2. The first-order valence-electron chi connectivity index (χ1n) is 9.92. The van der Waals surface area contributed by atoms with Crippen molar-refractivity contribution in [2.24, 2.45) is 4.99 Å². The van der Waals surface area contributed by atoms with Gasteiger partial charge in [-0.1, -0.05) is 18.2 Å². The van der Waals surface area contributed by atoms with Crippen molar-refractivity contribution in [2.75, 3.05) is 63.9 Å². The molecule has 0 bridgehead atoms. The fourth-order valence-electron chi connectivity index (χ4n) is 3.01. The van der Waals surface area contributed by atoms with E-state index in [0.29, 0.717) is 32.7 Å². The third-order valence-corrected chi connectivity index (χ3v) is 4.44. The molecule has 0 unspecified atom stereocenters. The molecule has 1 saturated heterocycles. The Morgan fingerprint density at radius 3 is 2.52 bits per heavy atom. The van der Waals surface area contributed by atoms with Gasteiger partial charge in [-0.2, -0.15) is 0 Å². The van der Waals surface area contributed by atoms with Crippen LogP contribution in [0.5, 0.6) is 0 Å². The maximum atomic E-state index is 12.5. The number of ether oxygens (including phenoxy) is 1. The fraction of sp³-hybridized carbons (Fsp3) is 0.600. The first kappa shape index (κ1) is 21.0. The van der Waals surface area contributed by atoms with Crippen LogP contribution in [0.3, 0.4) is 0 Å². The highest BCUT2D eigenvalue weighted by Gasteiger charge is 2.20. The average molecular weight is 376 g/mol. The molecule has 1 aromatic rings. The number of para-hydroxylation sites is 1. The maximum absolute atomic E-state index is 12.5. The average Bonchev–Trinajstić information content (AvgIpc) is 2.72. The quantitative estimate of drug-likeness (QED) is 0.387. The van der Waals surface area contributed by atoms with Crippen molar-refractivity contribution in [1.29, 1.82) is 0 Å². The van der Waals surface area contributed by atoms with E-state index in [0.717, 1.165) is 38.7 Å². The molecule has 7 heteroatoms. The summed E-state index contributed by atoms with van der Waals surface area (Å²) in [6, 6.07) is 10.4. The highest BCUT2D eigenvalue weighted by Crippen LogP contribution is 2.15. The van der Waals surface area contributed by atoms with Crippen molar-refractivity contribution in [3.8, 4) is 0 Å². The van der Waals surface area contributed by atoms with Crippen LogP contribution < -0.4 is 15.5 Å². The molecule has 1 fully saturated rings. The number of carbonyl (C=O) groups excluding carboxylic acids is 1. The Morgan fingerprint density at radius 2 is 1.85 bits per heavy atom. The summed E-state index contributed by atoms with van der Waals surface area (Å²) in [4.78, 5) is 21.2. The zero-order valence-electron chi connectivity index (χ0n) is 16.6. The number of aliphatic imine (C=N–C) groups is 1. The largest absolute Gasteiger partial charge is 0.380 e. The molecule has 1 amide bonds. The Morgan fingerprint density at radius 1 is 1.11 bits per heavy atom. The van der Waals surface area contributed by atoms with Crippen molar-refractivity contribution in [1.82, 2.24) is 15.5 Å². The number of rotatable bonds is 9. The molecule has 27 heavy (non-hydrogen) atoms. The minimum atomic E-state index is 0.195. The van der Waals surface area contributed by atoms with Crippen molar-refractivity contribution < 1.29 is 9.53 Å². The normalized spacial score (nSPS) is 15.0. The number of carbonyl (C=O) groups is 1. The number of nitrogens with one attached hydrogen (secondary N) is 2. The number of piperazine rings is 1. The van der Waals surface area contributed by atoms with Crippen LogP contribution in [-0.2, 0) is 9.53 Å². The molecule has 1 aliphatic heterocycles. The molecule has 1 heterocycles. The van der Waals surface area contributed by atoms with Crippen LogP contribution in [0.2, 0.25) is 0 Å². The van der Waals surface area contributed by atoms with Crippen LogP contribution in [0.1, 0.15) is 20.3 Å². The van der Waals surface area contributed by atoms with Crippen LogP contribution in [0.4, 0.5) is 5.69 Å². The van der Waals surface area contributed by atoms with Gasteiger partial charge >= 0.3 is 0 Å². The zero-order chi connectivity index (χ0) is 19.3. The van der Waals surface area contributed by atoms with E-state index in [1.54, 1.807) is 0 Å². The molecule has 2 N–H and O–H groups in total. The van der Waals surface area contributed by atoms with Crippen molar-refractivity contribution in [2.45, 2.75) is 20.3 Å². The number of nitrogens with zero attached hydrogens (tertiary/aromatic N) is 3. The van der Waals surface area contributed by atoms with Crippen LogP contribution in [0.15, 0.2) is 35.3 Å². The first-order valence-corrected chi connectivity index (χ1v) is 9.92. The van der Waals surface area contributed by atoms with Gasteiger partial charge in [0.25, 0.3) is 0 Å². The van der Waals surface area contributed by atoms with Crippen molar-refractivity contribution >= 4 is 17.6 Å². The van der Waals surface area contributed by atoms with Crippen molar-refractivity contribution in [3.05, 3.63) is 30.3 Å². The predicted molar refractivity (Wildman–Crippen MR) is 110 cm³/mol. The second-order valence-electron chi connectivity index (χ2n) is 6.34. The lowest BCUT2D eigenvalue weighted by molar-refractivity contribution is -0.131. The third kappa shape index (κ3) is 7.46. The number of hydrogen-bond donors (Lipinski definition) is 2.